The molecule has 1 amide bonds. The van der Waals surface area contributed by atoms with Gasteiger partial charge in [0.2, 0.25) is 0 Å². The minimum absolute atomic E-state index is 0.00595. The Kier molecular flexibility index (Phi) is 8.35. The zero-order valence-corrected chi connectivity index (χ0v) is 20.2. The van der Waals surface area contributed by atoms with Crippen LogP contribution in [0.3, 0.4) is 0 Å². The summed E-state index contributed by atoms with van der Waals surface area (Å²) in [4.78, 5) is 34.8. The Morgan fingerprint density at radius 2 is 1.97 bits per heavy atom. The van der Waals surface area contributed by atoms with Crippen LogP contribution in [0.1, 0.15) is 24.7 Å². The Morgan fingerprint density at radius 1 is 1.25 bits per heavy atom. The van der Waals surface area contributed by atoms with E-state index in [1.165, 1.54) is 4.90 Å². The number of anilines is 2. The highest BCUT2D eigenvalue weighted by Gasteiger charge is 2.20. The summed E-state index contributed by atoms with van der Waals surface area (Å²) < 4.78 is 1.83. The van der Waals surface area contributed by atoms with E-state index in [1.807, 2.05) is 23.7 Å². The summed E-state index contributed by atoms with van der Waals surface area (Å²) >= 11 is 0. The first-order chi connectivity index (χ1) is 17.2. The van der Waals surface area contributed by atoms with Gasteiger partial charge in [0.1, 0.15) is 17.5 Å². The van der Waals surface area contributed by atoms with Gasteiger partial charge in [0.25, 0.3) is 5.91 Å². The number of aromatic nitrogens is 3. The van der Waals surface area contributed by atoms with Crippen LogP contribution < -0.4 is 26.6 Å². The van der Waals surface area contributed by atoms with E-state index >= 15 is 0 Å². The predicted octanol–water partition coefficient (Wildman–Crippen LogP) is 1.36. The number of carbonyl (C=O) groups excluding carboxylic acids is 1. The minimum atomic E-state index is -1.01. The number of carboxylic acids is 1. The number of hydrogen-bond donors (Lipinski definition) is 4. The molecule has 3 rings (SSSR count). The van der Waals surface area contributed by atoms with Gasteiger partial charge < -0.3 is 20.7 Å². The topological polar surface area (TPSA) is 150 Å². The summed E-state index contributed by atoms with van der Waals surface area (Å²) in [5, 5.41) is 21.1. The van der Waals surface area contributed by atoms with Crippen molar-refractivity contribution < 1.29 is 14.7 Å². The number of rotatable bonds is 10. The van der Waals surface area contributed by atoms with E-state index in [0.717, 1.165) is 5.69 Å². The largest absolute Gasteiger partial charge is 0.481 e. The molecule has 0 radical (unpaired) electrons. The lowest BCUT2D eigenvalue weighted by Crippen LogP contribution is -2.35. The third kappa shape index (κ3) is 6.23. The second-order valence-electron chi connectivity index (χ2n) is 7.94. The normalized spacial score (nSPS) is 11.8. The van der Waals surface area contributed by atoms with Crippen molar-refractivity contribution in [1.82, 2.24) is 14.5 Å². The maximum absolute atomic E-state index is 13.4. The molecule has 0 aliphatic carbocycles. The highest BCUT2D eigenvalue weighted by Crippen LogP contribution is 2.15. The van der Waals surface area contributed by atoms with E-state index in [4.69, 9.17) is 16.2 Å². The number of amidine groups is 1. The van der Waals surface area contributed by atoms with Crippen molar-refractivity contribution >= 4 is 41.9 Å². The third-order valence-electron chi connectivity index (χ3n) is 5.55. The number of aliphatic carboxylic acids is 1. The van der Waals surface area contributed by atoms with Crippen molar-refractivity contribution in [2.24, 2.45) is 12.8 Å². The van der Waals surface area contributed by atoms with E-state index in [9.17, 15) is 9.59 Å². The van der Waals surface area contributed by atoms with Gasteiger partial charge in [-0.1, -0.05) is 18.7 Å². The van der Waals surface area contributed by atoms with Crippen LogP contribution in [0.2, 0.25) is 0 Å². The van der Waals surface area contributed by atoms with Crippen molar-refractivity contribution in [3.05, 3.63) is 82.4 Å². The van der Waals surface area contributed by atoms with Crippen LogP contribution in [0, 0.1) is 5.41 Å². The summed E-state index contributed by atoms with van der Waals surface area (Å²) in [6.07, 6.45) is 4.63. The number of nitrogen functional groups attached to an aromatic ring is 1. The van der Waals surface area contributed by atoms with Crippen LogP contribution in [-0.2, 0) is 23.2 Å². The van der Waals surface area contributed by atoms with Crippen molar-refractivity contribution in [3.8, 4) is 0 Å². The molecule has 10 heteroatoms. The Labute approximate surface area is 208 Å². The number of nitrogens with one attached hydrogen (secondary N) is 2. The monoisotopic (exact) mass is 487 g/mol. The lowest BCUT2D eigenvalue weighted by Gasteiger charge is -2.21. The maximum Gasteiger partial charge on any atom is 0.305 e. The van der Waals surface area contributed by atoms with E-state index in [0.29, 0.717) is 40.0 Å². The molecule has 0 saturated carbocycles. The average molecular weight is 488 g/mol. The first-order valence-corrected chi connectivity index (χ1v) is 11.2. The van der Waals surface area contributed by atoms with Crippen LogP contribution in [0.4, 0.5) is 11.5 Å². The molecule has 3 aromatic rings. The number of benzene rings is 1. The smallest absolute Gasteiger partial charge is 0.305 e. The van der Waals surface area contributed by atoms with Gasteiger partial charge in [-0.15, -0.1) is 0 Å². The van der Waals surface area contributed by atoms with Crippen molar-refractivity contribution in [2.75, 3.05) is 16.8 Å². The predicted molar refractivity (Wildman–Crippen MR) is 140 cm³/mol. The fraction of sp³-hybridized carbons (Fsp3) is 0.192. The van der Waals surface area contributed by atoms with Gasteiger partial charge in [-0.2, -0.15) is 0 Å². The zero-order valence-electron chi connectivity index (χ0n) is 20.2. The molecule has 2 heterocycles. The number of pyridine rings is 1. The summed E-state index contributed by atoms with van der Waals surface area (Å²) in [6, 6.07) is 12.3. The van der Waals surface area contributed by atoms with Gasteiger partial charge in [0, 0.05) is 36.6 Å². The second-order valence-corrected chi connectivity index (χ2v) is 7.94. The van der Waals surface area contributed by atoms with Crippen LogP contribution in [0.15, 0.2) is 60.3 Å². The Hall–Kier alpha value is -4.73. The summed E-state index contributed by atoms with van der Waals surface area (Å²) in [6.45, 7) is 6.22. The molecule has 0 fully saturated rings. The first-order valence-electron chi connectivity index (χ1n) is 11.2. The maximum atomic E-state index is 13.4. The average Bonchev–Trinajstić information content (AvgIpc) is 3.14. The number of imidazole rings is 1. The minimum Gasteiger partial charge on any atom is -0.481 e. The molecule has 2 aromatic heterocycles. The van der Waals surface area contributed by atoms with Crippen LogP contribution >= 0.6 is 0 Å². The van der Waals surface area contributed by atoms with Crippen molar-refractivity contribution in [1.29, 1.82) is 5.41 Å². The number of carbonyl (C=O) groups is 2. The summed E-state index contributed by atoms with van der Waals surface area (Å²) in [5.41, 5.74) is 7.32. The molecular formula is C26H29N7O3. The summed E-state index contributed by atoms with van der Waals surface area (Å²) in [7, 11) is 1.84. The molecule has 0 spiro atoms. The number of carboxylic acid groups (broad SMARTS) is 1. The van der Waals surface area contributed by atoms with Crippen molar-refractivity contribution in [3.63, 3.8) is 0 Å². The Balaban J connectivity index is 1.85. The SMILES string of the molecule is C=c1/c(=C\C(=C/C)C(=O)N(CCC(=O)O)c2ccccn2)nc(CNc2ccc(C(=N)N)cc2)n1C. The van der Waals surface area contributed by atoms with Gasteiger partial charge >= 0.3 is 5.97 Å². The van der Waals surface area contributed by atoms with E-state index in [-0.39, 0.29) is 24.7 Å². The number of nitrogens with two attached hydrogens (primary N) is 1. The molecule has 1 aromatic carbocycles. The molecule has 10 nitrogen and oxygen atoms in total. The molecule has 5 N–H and O–H groups in total. The molecule has 0 aliphatic heterocycles. The van der Waals surface area contributed by atoms with Crippen molar-refractivity contribution in [2.45, 2.75) is 19.9 Å². The molecule has 36 heavy (non-hydrogen) atoms. The molecule has 186 valence electrons. The first kappa shape index (κ1) is 25.9. The van der Waals surface area contributed by atoms with E-state index in [2.05, 4.69) is 21.9 Å². The number of nitrogens with zero attached hydrogens (tertiary/aromatic N) is 4. The quantitative estimate of drug-likeness (QED) is 0.191. The van der Waals surface area contributed by atoms with Gasteiger partial charge in [-0.3, -0.25) is 19.9 Å². The fourth-order valence-electron chi connectivity index (χ4n) is 3.44. The van der Waals surface area contributed by atoms with Crippen LogP contribution in [0.25, 0.3) is 12.7 Å². The lowest BCUT2D eigenvalue weighted by molar-refractivity contribution is -0.136. The summed E-state index contributed by atoms with van der Waals surface area (Å²) in [5.74, 6) is -0.308. The Morgan fingerprint density at radius 3 is 2.56 bits per heavy atom. The lowest BCUT2D eigenvalue weighted by atomic mass is 10.2. The Bertz CT molecular complexity index is 1390. The second kappa shape index (κ2) is 11.6. The number of hydrogen-bond acceptors (Lipinski definition) is 6. The number of amides is 1. The molecule has 0 saturated heterocycles. The van der Waals surface area contributed by atoms with Gasteiger partial charge in [-0.05, 0) is 49.4 Å². The highest BCUT2D eigenvalue weighted by atomic mass is 16.4. The molecule has 0 unspecified atom stereocenters. The molecular weight excluding hydrogens is 458 g/mol. The molecule has 0 bridgehead atoms. The van der Waals surface area contributed by atoms with Crippen LogP contribution in [-0.4, -0.2) is 43.9 Å². The molecule has 0 atom stereocenters. The van der Waals surface area contributed by atoms with Gasteiger partial charge in [-0.25, -0.2) is 9.97 Å². The van der Waals surface area contributed by atoms with E-state index in [1.54, 1.807) is 55.6 Å². The highest BCUT2D eigenvalue weighted by molar-refractivity contribution is 6.10. The number of allylic oxidation sites excluding steroid dienone is 1. The standard InChI is InChI=1S/C26H29N7O3/c1-4-18(26(36)33(14-12-24(34)35)22-7-5-6-13-29-22)15-21-17(2)32(3)23(31-21)16-30-20-10-8-19(9-11-20)25(27)28/h4-11,13,15,30H,2,12,14,16H2,1,3H3,(H3,27,28)(H,34,35)/b18-4+,21-15+. The van der Waals surface area contributed by atoms with E-state index < -0.39 is 5.97 Å². The third-order valence-corrected chi connectivity index (χ3v) is 5.55. The van der Waals surface area contributed by atoms with Crippen LogP contribution in [0.5, 0.6) is 0 Å². The van der Waals surface area contributed by atoms with Gasteiger partial charge in [0.05, 0.1) is 23.7 Å². The fourth-order valence-corrected chi connectivity index (χ4v) is 3.44. The molecule has 0 aliphatic rings. The van der Waals surface area contributed by atoms with Gasteiger partial charge in [0.15, 0.2) is 0 Å². The zero-order chi connectivity index (χ0) is 26.2.